The van der Waals surface area contributed by atoms with E-state index < -0.39 is 85.7 Å². The molecule has 2 saturated heterocycles. The van der Waals surface area contributed by atoms with Crippen molar-refractivity contribution in [2.75, 3.05) is 29.3 Å². The first-order valence-corrected chi connectivity index (χ1v) is 20.9. The average Bonchev–Trinajstić information content (AvgIpc) is 3.67. The molecule has 4 aliphatic rings. The summed E-state index contributed by atoms with van der Waals surface area (Å²) in [4.78, 5) is 84.8. The van der Waals surface area contributed by atoms with Crippen LogP contribution < -0.4 is 20.0 Å². The molecule has 6 unspecified atom stereocenters. The molecule has 3 fully saturated rings. The Morgan fingerprint density at radius 1 is 0.862 bits per heavy atom. The number of nitro benzene ring substituents is 2. The normalized spacial score (nSPS) is 23.4. The van der Waals surface area contributed by atoms with Gasteiger partial charge in [0.2, 0.25) is 11.8 Å². The van der Waals surface area contributed by atoms with Crippen molar-refractivity contribution < 1.29 is 43.3 Å². The zero-order valence-electron chi connectivity index (χ0n) is 34.6. The van der Waals surface area contributed by atoms with Gasteiger partial charge in [-0.15, -0.1) is 0 Å². The van der Waals surface area contributed by atoms with E-state index in [4.69, 9.17) is 16.3 Å². The van der Waals surface area contributed by atoms with Crippen LogP contribution in [-0.4, -0.2) is 57.7 Å². The van der Waals surface area contributed by atoms with Gasteiger partial charge in [-0.2, -0.15) is 5.01 Å². The smallest absolute Gasteiger partial charge is 0.301 e. The monoisotopic (exact) mass is 900 g/mol. The van der Waals surface area contributed by atoms with Gasteiger partial charge in [0, 0.05) is 48.8 Å². The SMILES string of the molecule is CN(C)c1c([N+](=O)[O-])cc(N2C(=O)C3CC=C4C(CC5C(=O)N(Nc6ccc(F)cc6)C(=O)C5(c5ccc(Cl)cc5)C4c4ccc(OCc5ccccc5)cc4O)C3C2=O)cc1[N+](=O)[O-]. The largest absolute Gasteiger partial charge is 0.508 e. The topological polar surface area (TPSA) is 206 Å². The maximum absolute atomic E-state index is 15.5. The molecular formula is C47H38ClFN6O10. The molecule has 9 rings (SSSR count). The summed E-state index contributed by atoms with van der Waals surface area (Å²) in [5, 5.41) is 37.9. The van der Waals surface area contributed by atoms with Crippen molar-refractivity contribution in [3.05, 3.63) is 169 Å². The van der Waals surface area contributed by atoms with E-state index in [-0.39, 0.29) is 47.8 Å². The van der Waals surface area contributed by atoms with E-state index in [2.05, 4.69) is 5.43 Å². The first kappa shape index (κ1) is 42.6. The van der Waals surface area contributed by atoms with Gasteiger partial charge in [-0.3, -0.25) is 44.8 Å². The third-order valence-corrected chi connectivity index (χ3v) is 13.2. The minimum absolute atomic E-state index is 0.0614. The zero-order chi connectivity index (χ0) is 46.1. The predicted molar refractivity (Wildman–Crippen MR) is 234 cm³/mol. The lowest BCUT2D eigenvalue weighted by molar-refractivity contribution is -0.392. The number of fused-ring (bicyclic) bond motifs is 4. The molecule has 6 atom stereocenters. The predicted octanol–water partition coefficient (Wildman–Crippen LogP) is 7.84. The van der Waals surface area contributed by atoms with E-state index >= 15 is 9.59 Å². The van der Waals surface area contributed by atoms with E-state index in [1.54, 1.807) is 42.5 Å². The molecule has 0 radical (unpaired) electrons. The number of nitrogens with one attached hydrogen (secondary N) is 1. The van der Waals surface area contributed by atoms with Crippen molar-refractivity contribution >= 4 is 63.7 Å². The first-order chi connectivity index (χ1) is 31.1. The van der Waals surface area contributed by atoms with Crippen LogP contribution in [0.25, 0.3) is 0 Å². The fraction of sp³-hybridized carbons (Fsp3) is 0.234. The summed E-state index contributed by atoms with van der Waals surface area (Å²) in [6.07, 6.45) is 1.52. The molecule has 0 bridgehead atoms. The van der Waals surface area contributed by atoms with Crippen LogP contribution in [0.4, 0.5) is 32.8 Å². The molecule has 5 aromatic rings. The van der Waals surface area contributed by atoms with Crippen molar-refractivity contribution in [3.63, 3.8) is 0 Å². The number of hydrogen-bond acceptors (Lipinski definition) is 12. The van der Waals surface area contributed by atoms with Crippen molar-refractivity contribution in [3.8, 4) is 11.5 Å². The number of anilines is 3. The summed E-state index contributed by atoms with van der Waals surface area (Å²) in [5.41, 5.74) is 1.06. The maximum atomic E-state index is 15.5. The molecule has 65 heavy (non-hydrogen) atoms. The van der Waals surface area contributed by atoms with Crippen LogP contribution in [-0.2, 0) is 31.2 Å². The fourth-order valence-electron chi connectivity index (χ4n) is 10.3. The molecule has 2 N–H and O–H groups in total. The summed E-state index contributed by atoms with van der Waals surface area (Å²) in [6.45, 7) is 0.171. The van der Waals surface area contributed by atoms with E-state index in [0.717, 1.165) is 39.7 Å². The Bertz CT molecular complexity index is 2830. The van der Waals surface area contributed by atoms with Crippen LogP contribution >= 0.6 is 11.6 Å². The second-order valence-corrected chi connectivity index (χ2v) is 17.1. The number of carbonyl (C=O) groups is 4. The number of phenolic OH excluding ortho intramolecular Hbond substituents is 1. The Morgan fingerprint density at radius 3 is 2.14 bits per heavy atom. The summed E-state index contributed by atoms with van der Waals surface area (Å²) >= 11 is 6.40. The van der Waals surface area contributed by atoms with Gasteiger partial charge in [-0.05, 0) is 72.4 Å². The number of aromatic hydroxyl groups is 1. The number of benzene rings is 5. The van der Waals surface area contributed by atoms with E-state index in [1.807, 2.05) is 30.3 Å². The Morgan fingerprint density at radius 2 is 1.52 bits per heavy atom. The van der Waals surface area contributed by atoms with Crippen molar-refractivity contribution in [2.24, 2.45) is 23.7 Å². The Balaban J connectivity index is 1.20. The molecule has 1 saturated carbocycles. The lowest BCUT2D eigenvalue weighted by atomic mass is 9.49. The van der Waals surface area contributed by atoms with Gasteiger partial charge in [0.05, 0.1) is 44.4 Å². The summed E-state index contributed by atoms with van der Waals surface area (Å²) in [6, 6.07) is 27.3. The highest BCUT2D eigenvalue weighted by Crippen LogP contribution is 2.65. The van der Waals surface area contributed by atoms with E-state index in [1.165, 1.54) is 37.2 Å². The number of halogens is 2. The fourth-order valence-corrected chi connectivity index (χ4v) is 10.4. The van der Waals surface area contributed by atoms with Gasteiger partial charge in [-0.1, -0.05) is 71.8 Å². The first-order valence-electron chi connectivity index (χ1n) is 20.5. The van der Waals surface area contributed by atoms with Gasteiger partial charge in [0.25, 0.3) is 11.8 Å². The minimum atomic E-state index is -1.82. The van der Waals surface area contributed by atoms with Gasteiger partial charge >= 0.3 is 11.4 Å². The van der Waals surface area contributed by atoms with Crippen molar-refractivity contribution in [2.45, 2.75) is 30.8 Å². The lowest BCUT2D eigenvalue weighted by Crippen LogP contribution is -2.53. The third kappa shape index (κ3) is 6.89. The second kappa shape index (κ2) is 16.2. The molecule has 18 heteroatoms. The van der Waals surface area contributed by atoms with Gasteiger partial charge in [0.15, 0.2) is 5.69 Å². The molecule has 2 aliphatic carbocycles. The number of imide groups is 2. The number of ether oxygens (including phenoxy) is 1. The zero-order valence-corrected chi connectivity index (χ0v) is 35.3. The Labute approximate surface area is 374 Å². The number of nitrogens with zero attached hydrogens (tertiary/aromatic N) is 5. The molecule has 2 heterocycles. The number of rotatable bonds is 11. The number of hydrogen-bond donors (Lipinski definition) is 2. The van der Waals surface area contributed by atoms with Gasteiger partial charge < -0.3 is 14.7 Å². The molecule has 0 spiro atoms. The number of phenols is 1. The average molecular weight is 901 g/mol. The quantitative estimate of drug-likeness (QED) is 0.0563. The Kier molecular flexibility index (Phi) is 10.6. The van der Waals surface area contributed by atoms with Crippen LogP contribution in [0, 0.1) is 49.7 Å². The Hall–Kier alpha value is -7.66. The van der Waals surface area contributed by atoms with Crippen molar-refractivity contribution in [1.82, 2.24) is 5.01 Å². The summed E-state index contributed by atoms with van der Waals surface area (Å²) in [5.74, 6) is -9.17. The number of carbonyl (C=O) groups excluding carboxylic acids is 4. The number of amides is 4. The van der Waals surface area contributed by atoms with Gasteiger partial charge in [0.1, 0.15) is 23.9 Å². The lowest BCUT2D eigenvalue weighted by Gasteiger charge is -2.50. The molecule has 16 nitrogen and oxygen atoms in total. The maximum Gasteiger partial charge on any atom is 0.301 e. The highest BCUT2D eigenvalue weighted by molar-refractivity contribution is 6.30. The van der Waals surface area contributed by atoms with Crippen molar-refractivity contribution in [1.29, 1.82) is 0 Å². The second-order valence-electron chi connectivity index (χ2n) is 16.6. The highest BCUT2D eigenvalue weighted by Gasteiger charge is 2.70. The van der Waals surface area contributed by atoms with E-state index in [0.29, 0.717) is 21.9 Å². The summed E-state index contributed by atoms with van der Waals surface area (Å²) in [7, 11) is 2.78. The van der Waals surface area contributed by atoms with Crippen LogP contribution in [0.1, 0.15) is 35.4 Å². The third-order valence-electron chi connectivity index (χ3n) is 13.0. The van der Waals surface area contributed by atoms with E-state index in [9.17, 15) is 39.3 Å². The molecular weight excluding hydrogens is 863 g/mol. The van der Waals surface area contributed by atoms with Gasteiger partial charge in [-0.25, -0.2) is 9.29 Å². The summed E-state index contributed by atoms with van der Waals surface area (Å²) < 4.78 is 20.1. The molecule has 4 amide bonds. The van der Waals surface area contributed by atoms with Crippen LogP contribution in [0.15, 0.2) is 121 Å². The van der Waals surface area contributed by atoms with Crippen LogP contribution in [0.3, 0.4) is 0 Å². The highest BCUT2D eigenvalue weighted by atomic mass is 35.5. The molecule has 2 aliphatic heterocycles. The number of nitro groups is 2. The number of hydrazine groups is 1. The number of allylic oxidation sites excluding steroid dienone is 2. The molecule has 330 valence electrons. The minimum Gasteiger partial charge on any atom is -0.508 e. The molecule has 0 aromatic heterocycles. The van der Waals surface area contributed by atoms with Crippen LogP contribution in [0.2, 0.25) is 5.02 Å². The van der Waals surface area contributed by atoms with Crippen LogP contribution in [0.5, 0.6) is 11.5 Å². The standard InChI is InChI=1S/C47H38ClFN6O10/c1-51(2)42-37(54(61)62)20-30(21-38(42)55(63)64)52-43(57)34-19-18-32-35(40(34)45(52)59)23-36-44(58)53(50-29-14-12-28(49)13-15-29)46(60)47(36,26-8-10-27(48)11-9-26)41(32)33-17-16-31(22-39(33)56)65-24-25-6-4-3-5-7-25/h3-18,20-22,34-36,40-41,50,56H,19,23-24H2,1-2H3. The molecule has 5 aromatic carbocycles.